The van der Waals surface area contributed by atoms with Gasteiger partial charge in [-0.1, -0.05) is 31.1 Å². The van der Waals surface area contributed by atoms with Gasteiger partial charge in [0.2, 0.25) is 5.76 Å². The summed E-state index contributed by atoms with van der Waals surface area (Å²) in [6, 6.07) is 8.03. The van der Waals surface area contributed by atoms with Crippen LogP contribution in [0.2, 0.25) is 0 Å². The molecule has 1 amide bonds. The number of aromatic nitrogens is 3. The number of halogens is 1. The monoisotopic (exact) mass is 368 g/mol. The Hall–Kier alpha value is -2.96. The highest BCUT2D eigenvalue weighted by molar-refractivity contribution is 5.91. The van der Waals surface area contributed by atoms with Gasteiger partial charge < -0.3 is 14.4 Å². The predicted molar refractivity (Wildman–Crippen MR) is 97.5 cm³/mol. The van der Waals surface area contributed by atoms with Crippen molar-refractivity contribution in [2.45, 2.75) is 33.2 Å². The Balaban J connectivity index is 1.51. The SMILES string of the molecule is CC(C)Cc1cc(C(=O)N2CCc3nc(-c4cccc(F)c4)[nH]c3C2)on1. The van der Waals surface area contributed by atoms with Crippen molar-refractivity contribution in [2.75, 3.05) is 6.54 Å². The number of amides is 1. The minimum absolute atomic E-state index is 0.176. The third-order valence-electron chi connectivity index (χ3n) is 4.60. The summed E-state index contributed by atoms with van der Waals surface area (Å²) in [5.41, 5.74) is 3.27. The Bertz CT molecular complexity index is 976. The molecule has 0 saturated carbocycles. The third-order valence-corrected chi connectivity index (χ3v) is 4.60. The van der Waals surface area contributed by atoms with Crippen molar-refractivity contribution in [1.82, 2.24) is 20.0 Å². The minimum atomic E-state index is -0.304. The van der Waals surface area contributed by atoms with Crippen LogP contribution >= 0.6 is 0 Å². The topological polar surface area (TPSA) is 75.0 Å². The van der Waals surface area contributed by atoms with E-state index in [0.29, 0.717) is 36.8 Å². The van der Waals surface area contributed by atoms with E-state index >= 15 is 0 Å². The Kier molecular flexibility index (Phi) is 4.51. The van der Waals surface area contributed by atoms with E-state index in [1.165, 1.54) is 12.1 Å². The highest BCUT2D eigenvalue weighted by Gasteiger charge is 2.27. The van der Waals surface area contributed by atoms with Crippen LogP contribution in [0.15, 0.2) is 34.9 Å². The van der Waals surface area contributed by atoms with E-state index < -0.39 is 0 Å². The zero-order valence-corrected chi connectivity index (χ0v) is 15.3. The Morgan fingerprint density at radius 1 is 1.37 bits per heavy atom. The summed E-state index contributed by atoms with van der Waals surface area (Å²) in [6.45, 7) is 5.16. The fraction of sp³-hybridized carbons (Fsp3) is 0.350. The summed E-state index contributed by atoms with van der Waals surface area (Å²) in [7, 11) is 0. The molecule has 0 aliphatic carbocycles. The molecule has 0 radical (unpaired) electrons. The molecule has 140 valence electrons. The van der Waals surface area contributed by atoms with Gasteiger partial charge >= 0.3 is 0 Å². The van der Waals surface area contributed by atoms with Crippen LogP contribution in [0.25, 0.3) is 11.4 Å². The second-order valence-electron chi connectivity index (χ2n) is 7.28. The lowest BCUT2D eigenvalue weighted by atomic mass is 10.1. The van der Waals surface area contributed by atoms with Gasteiger partial charge in [-0.25, -0.2) is 9.37 Å². The second kappa shape index (κ2) is 6.98. The van der Waals surface area contributed by atoms with Crippen LogP contribution in [0.5, 0.6) is 0 Å². The quantitative estimate of drug-likeness (QED) is 0.763. The van der Waals surface area contributed by atoms with E-state index in [9.17, 15) is 9.18 Å². The summed E-state index contributed by atoms with van der Waals surface area (Å²) in [5, 5.41) is 3.99. The normalized spacial score (nSPS) is 13.9. The standard InChI is InChI=1S/C20H21FN4O2/c1-12(2)8-15-10-18(27-24-15)20(26)25-7-6-16-17(11-25)23-19(22-16)13-4-3-5-14(21)9-13/h3-5,9-10,12H,6-8,11H2,1-2H3,(H,22,23). The van der Waals surface area contributed by atoms with Gasteiger partial charge in [0.25, 0.3) is 5.91 Å². The molecule has 0 saturated heterocycles. The first-order valence-electron chi connectivity index (χ1n) is 9.08. The lowest BCUT2D eigenvalue weighted by Gasteiger charge is -2.24. The Labute approximate surface area is 156 Å². The van der Waals surface area contributed by atoms with E-state index in [-0.39, 0.29) is 17.5 Å². The fourth-order valence-electron chi connectivity index (χ4n) is 3.32. The van der Waals surface area contributed by atoms with E-state index in [2.05, 4.69) is 29.0 Å². The molecule has 4 rings (SSSR count). The molecule has 3 heterocycles. The lowest BCUT2D eigenvalue weighted by Crippen LogP contribution is -2.35. The van der Waals surface area contributed by atoms with E-state index in [4.69, 9.17) is 4.52 Å². The zero-order chi connectivity index (χ0) is 19.0. The summed E-state index contributed by atoms with van der Waals surface area (Å²) < 4.78 is 18.7. The van der Waals surface area contributed by atoms with Crippen LogP contribution in [-0.2, 0) is 19.4 Å². The van der Waals surface area contributed by atoms with Crippen molar-refractivity contribution < 1.29 is 13.7 Å². The Morgan fingerprint density at radius 3 is 3.00 bits per heavy atom. The van der Waals surface area contributed by atoms with E-state index in [0.717, 1.165) is 23.5 Å². The van der Waals surface area contributed by atoms with Crippen molar-refractivity contribution in [3.8, 4) is 11.4 Å². The van der Waals surface area contributed by atoms with Crippen molar-refractivity contribution in [2.24, 2.45) is 5.92 Å². The number of fused-ring (bicyclic) bond motifs is 1. The average molecular weight is 368 g/mol. The molecular weight excluding hydrogens is 347 g/mol. The molecule has 6 nitrogen and oxygen atoms in total. The summed E-state index contributed by atoms with van der Waals surface area (Å²) >= 11 is 0. The number of nitrogens with one attached hydrogen (secondary N) is 1. The van der Waals surface area contributed by atoms with Gasteiger partial charge in [-0.3, -0.25) is 4.79 Å². The molecule has 1 aromatic carbocycles. The zero-order valence-electron chi connectivity index (χ0n) is 15.3. The molecule has 0 unspecified atom stereocenters. The summed E-state index contributed by atoms with van der Waals surface area (Å²) in [4.78, 5) is 22.3. The molecule has 1 aliphatic rings. The van der Waals surface area contributed by atoms with Gasteiger partial charge in [-0.2, -0.15) is 0 Å². The van der Waals surface area contributed by atoms with Gasteiger partial charge in [-0.05, 0) is 24.5 Å². The number of carbonyl (C=O) groups excluding carboxylic acids is 1. The second-order valence-corrected chi connectivity index (χ2v) is 7.28. The number of rotatable bonds is 4. The van der Waals surface area contributed by atoms with Crippen LogP contribution in [0, 0.1) is 11.7 Å². The first kappa shape index (κ1) is 17.5. The highest BCUT2D eigenvalue weighted by Crippen LogP contribution is 2.24. The van der Waals surface area contributed by atoms with Gasteiger partial charge in [0.1, 0.15) is 11.6 Å². The van der Waals surface area contributed by atoms with Gasteiger partial charge in [0, 0.05) is 24.6 Å². The number of nitrogens with zero attached hydrogens (tertiary/aromatic N) is 3. The number of benzene rings is 1. The molecule has 0 spiro atoms. The first-order chi connectivity index (χ1) is 13.0. The van der Waals surface area contributed by atoms with Gasteiger partial charge in [0.15, 0.2) is 0 Å². The molecular formula is C20H21FN4O2. The van der Waals surface area contributed by atoms with Crippen molar-refractivity contribution in [3.05, 3.63) is 59.0 Å². The molecule has 1 N–H and O–H groups in total. The minimum Gasteiger partial charge on any atom is -0.351 e. The maximum Gasteiger partial charge on any atom is 0.292 e. The van der Waals surface area contributed by atoms with Crippen LogP contribution in [-0.4, -0.2) is 32.5 Å². The number of carbonyl (C=O) groups is 1. The van der Waals surface area contributed by atoms with Gasteiger partial charge in [0.05, 0.1) is 23.6 Å². The predicted octanol–water partition coefficient (Wildman–Crippen LogP) is 3.60. The van der Waals surface area contributed by atoms with Crippen LogP contribution in [0.3, 0.4) is 0 Å². The molecule has 27 heavy (non-hydrogen) atoms. The van der Waals surface area contributed by atoms with E-state index in [1.807, 2.05) is 0 Å². The smallest absolute Gasteiger partial charge is 0.292 e. The fourth-order valence-corrected chi connectivity index (χ4v) is 3.32. The molecule has 0 atom stereocenters. The van der Waals surface area contributed by atoms with Crippen LogP contribution in [0.1, 0.15) is 41.5 Å². The average Bonchev–Trinajstić information content (AvgIpc) is 3.26. The number of hydrogen-bond donors (Lipinski definition) is 1. The first-order valence-corrected chi connectivity index (χ1v) is 9.08. The maximum absolute atomic E-state index is 13.5. The molecule has 7 heteroatoms. The van der Waals surface area contributed by atoms with Crippen LogP contribution in [0.4, 0.5) is 4.39 Å². The highest BCUT2D eigenvalue weighted by atomic mass is 19.1. The molecule has 0 fully saturated rings. The van der Waals surface area contributed by atoms with Crippen molar-refractivity contribution in [3.63, 3.8) is 0 Å². The largest absolute Gasteiger partial charge is 0.351 e. The molecule has 2 aromatic heterocycles. The number of aromatic amines is 1. The lowest BCUT2D eigenvalue weighted by molar-refractivity contribution is 0.0689. The van der Waals surface area contributed by atoms with Crippen LogP contribution < -0.4 is 0 Å². The molecule has 0 bridgehead atoms. The third kappa shape index (κ3) is 3.63. The maximum atomic E-state index is 13.5. The number of H-pyrrole nitrogens is 1. The van der Waals surface area contributed by atoms with E-state index in [1.54, 1.807) is 23.1 Å². The van der Waals surface area contributed by atoms with Gasteiger partial charge in [-0.15, -0.1) is 0 Å². The Morgan fingerprint density at radius 2 is 2.22 bits per heavy atom. The summed E-state index contributed by atoms with van der Waals surface area (Å²) in [6.07, 6.45) is 1.42. The molecule has 1 aliphatic heterocycles. The number of hydrogen-bond acceptors (Lipinski definition) is 4. The number of imidazole rings is 1. The van der Waals surface area contributed by atoms with Crippen molar-refractivity contribution >= 4 is 5.91 Å². The molecule has 3 aromatic rings. The summed E-state index contributed by atoms with van der Waals surface area (Å²) in [5.74, 6) is 0.847. The van der Waals surface area contributed by atoms with Crippen molar-refractivity contribution in [1.29, 1.82) is 0 Å².